The molecule has 20 heavy (non-hydrogen) atoms. The smallest absolute Gasteiger partial charge is 0.335 e. The summed E-state index contributed by atoms with van der Waals surface area (Å²) in [7, 11) is 0. The van der Waals surface area contributed by atoms with E-state index in [9.17, 15) is 14.7 Å². The van der Waals surface area contributed by atoms with Crippen molar-refractivity contribution in [3.05, 3.63) is 47.7 Å². The van der Waals surface area contributed by atoms with Crippen molar-refractivity contribution in [2.24, 2.45) is 0 Å². The van der Waals surface area contributed by atoms with Crippen LogP contribution in [0.1, 0.15) is 20.7 Å². The van der Waals surface area contributed by atoms with Gasteiger partial charge >= 0.3 is 5.97 Å². The number of aromatic nitrogens is 1. The van der Waals surface area contributed by atoms with Gasteiger partial charge in [-0.05, 0) is 24.3 Å². The molecule has 7 nitrogen and oxygen atoms in total. The van der Waals surface area contributed by atoms with Crippen LogP contribution in [0.25, 0.3) is 0 Å². The van der Waals surface area contributed by atoms with Gasteiger partial charge in [0, 0.05) is 12.3 Å². The zero-order chi connectivity index (χ0) is 14.7. The molecule has 1 aromatic carbocycles. The Bertz CT molecular complexity index is 684. The highest BCUT2D eigenvalue weighted by molar-refractivity contribution is 6.06. The highest BCUT2D eigenvalue weighted by atomic mass is 16.4. The first-order valence-corrected chi connectivity index (χ1v) is 5.50. The molecule has 0 radical (unpaired) electrons. The van der Waals surface area contributed by atoms with Crippen LogP contribution in [0.15, 0.2) is 36.5 Å². The van der Waals surface area contributed by atoms with E-state index in [0.717, 1.165) is 6.07 Å². The van der Waals surface area contributed by atoms with E-state index in [0.29, 0.717) is 0 Å². The molecule has 0 aliphatic carbocycles. The number of pyridine rings is 1. The number of hydrogen-bond acceptors (Lipinski definition) is 5. The van der Waals surface area contributed by atoms with Gasteiger partial charge in [-0.25, -0.2) is 9.78 Å². The molecule has 0 saturated heterocycles. The van der Waals surface area contributed by atoms with Crippen molar-refractivity contribution in [3.63, 3.8) is 0 Å². The second-order valence-corrected chi connectivity index (χ2v) is 3.89. The van der Waals surface area contributed by atoms with Gasteiger partial charge in [0.05, 0.1) is 11.1 Å². The van der Waals surface area contributed by atoms with E-state index in [4.69, 9.17) is 10.2 Å². The number of anilines is 1. The van der Waals surface area contributed by atoms with Gasteiger partial charge in [-0.2, -0.15) is 0 Å². The van der Waals surface area contributed by atoms with Crippen LogP contribution in [0.3, 0.4) is 0 Å². The number of carbonyl (C=O) groups is 2. The van der Waals surface area contributed by atoms with Crippen molar-refractivity contribution in [2.45, 2.75) is 0 Å². The maximum atomic E-state index is 11.9. The van der Waals surface area contributed by atoms with Gasteiger partial charge in [0.1, 0.15) is 17.3 Å². The lowest BCUT2D eigenvalue weighted by atomic mass is 10.1. The maximum Gasteiger partial charge on any atom is 0.335 e. The number of aromatic hydroxyl groups is 2. The average Bonchev–Trinajstić information content (AvgIpc) is 2.38. The minimum Gasteiger partial charge on any atom is -0.508 e. The molecule has 0 bridgehead atoms. The van der Waals surface area contributed by atoms with Crippen LogP contribution in [-0.4, -0.2) is 32.2 Å². The van der Waals surface area contributed by atoms with Crippen molar-refractivity contribution in [1.82, 2.24) is 4.98 Å². The van der Waals surface area contributed by atoms with Gasteiger partial charge in [-0.3, -0.25) is 4.79 Å². The normalized spacial score (nSPS) is 10.0. The number of carboxylic acids is 1. The first-order chi connectivity index (χ1) is 9.47. The third kappa shape index (κ3) is 2.83. The van der Waals surface area contributed by atoms with Crippen molar-refractivity contribution in [3.8, 4) is 11.5 Å². The minimum atomic E-state index is -1.14. The van der Waals surface area contributed by atoms with Crippen molar-refractivity contribution >= 4 is 17.7 Å². The summed E-state index contributed by atoms with van der Waals surface area (Å²) < 4.78 is 0. The summed E-state index contributed by atoms with van der Waals surface area (Å²) in [4.78, 5) is 26.5. The molecule has 102 valence electrons. The second-order valence-electron chi connectivity index (χ2n) is 3.89. The second kappa shape index (κ2) is 5.27. The Morgan fingerprint density at radius 1 is 1.10 bits per heavy atom. The number of aromatic carboxylic acids is 1. The number of phenolic OH excluding ortho intramolecular Hbond substituents is 2. The predicted octanol–water partition coefficient (Wildman–Crippen LogP) is 1.44. The molecule has 0 saturated carbocycles. The number of amides is 1. The molecule has 1 aromatic heterocycles. The van der Waals surface area contributed by atoms with E-state index in [1.807, 2.05) is 0 Å². The van der Waals surface area contributed by atoms with Gasteiger partial charge in [0.15, 0.2) is 0 Å². The summed E-state index contributed by atoms with van der Waals surface area (Å²) in [5.74, 6) is -2.34. The number of nitrogens with one attached hydrogen (secondary N) is 1. The fourth-order valence-corrected chi connectivity index (χ4v) is 1.53. The summed E-state index contributed by atoms with van der Waals surface area (Å²) in [5.41, 5.74) is -0.0874. The molecule has 2 rings (SSSR count). The third-order valence-corrected chi connectivity index (χ3v) is 2.47. The first kappa shape index (κ1) is 13.3. The molecule has 1 amide bonds. The fraction of sp³-hybridized carbons (Fsp3) is 0. The third-order valence-electron chi connectivity index (χ3n) is 2.47. The molecule has 4 N–H and O–H groups in total. The van der Waals surface area contributed by atoms with E-state index in [-0.39, 0.29) is 22.7 Å². The fourth-order valence-electron chi connectivity index (χ4n) is 1.53. The molecular formula is C13H10N2O5. The van der Waals surface area contributed by atoms with Gasteiger partial charge in [0.2, 0.25) is 0 Å². The predicted molar refractivity (Wildman–Crippen MR) is 68.9 cm³/mol. The van der Waals surface area contributed by atoms with Gasteiger partial charge < -0.3 is 20.6 Å². The summed E-state index contributed by atoms with van der Waals surface area (Å²) >= 11 is 0. The molecule has 0 fully saturated rings. The molecular weight excluding hydrogens is 264 g/mol. The van der Waals surface area contributed by atoms with E-state index < -0.39 is 17.6 Å². The Morgan fingerprint density at radius 3 is 2.50 bits per heavy atom. The first-order valence-electron chi connectivity index (χ1n) is 5.50. The highest BCUT2D eigenvalue weighted by Crippen LogP contribution is 2.23. The number of carbonyl (C=O) groups excluding carboxylic acids is 1. The van der Waals surface area contributed by atoms with E-state index in [2.05, 4.69) is 10.3 Å². The molecule has 0 aliphatic heterocycles. The van der Waals surface area contributed by atoms with Crippen LogP contribution in [0, 0.1) is 0 Å². The number of hydrogen-bond donors (Lipinski definition) is 4. The van der Waals surface area contributed by atoms with Crippen molar-refractivity contribution in [1.29, 1.82) is 0 Å². The number of phenols is 2. The standard InChI is InChI=1S/C13H10N2O5/c16-8-1-2-9(10(17)6-8)12(18)15-11-5-7(13(19)20)3-4-14-11/h1-6,16-17H,(H,19,20)(H,14,15,18). The Morgan fingerprint density at radius 2 is 1.85 bits per heavy atom. The molecule has 1 heterocycles. The lowest BCUT2D eigenvalue weighted by molar-refractivity contribution is 0.0696. The van der Waals surface area contributed by atoms with Crippen LogP contribution >= 0.6 is 0 Å². The maximum absolute atomic E-state index is 11.9. The number of rotatable bonds is 3. The molecule has 0 atom stereocenters. The zero-order valence-corrected chi connectivity index (χ0v) is 10.1. The molecule has 2 aromatic rings. The van der Waals surface area contributed by atoms with Gasteiger partial charge in [0.25, 0.3) is 5.91 Å². The minimum absolute atomic E-state index is 0.0229. The monoisotopic (exact) mass is 274 g/mol. The van der Waals surface area contributed by atoms with Crippen LogP contribution < -0.4 is 5.32 Å². The zero-order valence-electron chi connectivity index (χ0n) is 10.1. The van der Waals surface area contributed by atoms with Crippen LogP contribution in [0.2, 0.25) is 0 Å². The van der Waals surface area contributed by atoms with E-state index in [1.165, 1.54) is 30.5 Å². The molecule has 7 heteroatoms. The Labute approximate surface area is 113 Å². The Kier molecular flexibility index (Phi) is 3.52. The summed E-state index contributed by atoms with van der Waals surface area (Å²) in [5, 5.41) is 29.9. The van der Waals surface area contributed by atoms with Crippen LogP contribution in [0.4, 0.5) is 5.82 Å². The lowest BCUT2D eigenvalue weighted by Crippen LogP contribution is -2.13. The van der Waals surface area contributed by atoms with Crippen LogP contribution in [-0.2, 0) is 0 Å². The summed E-state index contributed by atoms with van der Waals surface area (Å²) in [6.45, 7) is 0. The number of carboxylic acid groups (broad SMARTS) is 1. The Hall–Kier alpha value is -3.09. The van der Waals surface area contributed by atoms with Gasteiger partial charge in [-0.1, -0.05) is 0 Å². The summed E-state index contributed by atoms with van der Waals surface area (Å²) in [6.07, 6.45) is 1.25. The number of nitrogens with zero attached hydrogens (tertiary/aromatic N) is 1. The van der Waals surface area contributed by atoms with E-state index in [1.54, 1.807) is 0 Å². The van der Waals surface area contributed by atoms with Crippen molar-refractivity contribution < 1.29 is 24.9 Å². The van der Waals surface area contributed by atoms with Crippen LogP contribution in [0.5, 0.6) is 11.5 Å². The molecule has 0 spiro atoms. The lowest BCUT2D eigenvalue weighted by Gasteiger charge is -2.07. The molecule has 0 unspecified atom stereocenters. The number of benzene rings is 1. The quantitative estimate of drug-likeness (QED) is 0.672. The average molecular weight is 274 g/mol. The van der Waals surface area contributed by atoms with E-state index >= 15 is 0 Å². The highest BCUT2D eigenvalue weighted by Gasteiger charge is 2.13. The topological polar surface area (TPSA) is 120 Å². The molecule has 0 aliphatic rings. The van der Waals surface area contributed by atoms with Gasteiger partial charge in [-0.15, -0.1) is 0 Å². The largest absolute Gasteiger partial charge is 0.508 e. The summed E-state index contributed by atoms with van der Waals surface area (Å²) in [6, 6.07) is 5.99. The Balaban J connectivity index is 2.23. The SMILES string of the molecule is O=C(O)c1ccnc(NC(=O)c2ccc(O)cc2O)c1. The van der Waals surface area contributed by atoms with Crippen molar-refractivity contribution in [2.75, 3.05) is 5.32 Å².